The number of non-ortho nitro benzene ring substituents is 1. The van der Waals surface area contributed by atoms with Crippen molar-refractivity contribution in [3.8, 4) is 5.75 Å². The molecule has 0 heterocycles. The summed E-state index contributed by atoms with van der Waals surface area (Å²) >= 11 is 0. The Morgan fingerprint density at radius 1 is 1.43 bits per heavy atom. The molecule has 0 aromatic heterocycles. The number of benzene rings is 1. The zero-order chi connectivity index (χ0) is 17.6. The summed E-state index contributed by atoms with van der Waals surface area (Å²) in [6.07, 6.45) is -0.215. The molecule has 0 saturated heterocycles. The van der Waals surface area contributed by atoms with Gasteiger partial charge < -0.3 is 15.2 Å². The highest BCUT2D eigenvalue weighted by Crippen LogP contribution is 2.21. The molecular weight excluding hydrogens is 304 g/mol. The molecule has 1 rings (SSSR count). The van der Waals surface area contributed by atoms with E-state index < -0.39 is 22.3 Å². The van der Waals surface area contributed by atoms with Gasteiger partial charge in [-0.15, -0.1) is 0 Å². The number of nitro benzene ring substituents is 1. The third-order valence-corrected chi connectivity index (χ3v) is 3.62. The molecule has 1 amide bonds. The van der Waals surface area contributed by atoms with E-state index in [9.17, 15) is 19.7 Å². The molecular formula is C15H20N2O6. The van der Waals surface area contributed by atoms with Gasteiger partial charge in [0.15, 0.2) is 6.61 Å². The van der Waals surface area contributed by atoms with E-state index in [2.05, 4.69) is 5.32 Å². The van der Waals surface area contributed by atoms with Crippen LogP contribution in [0, 0.1) is 16.0 Å². The zero-order valence-corrected chi connectivity index (χ0v) is 13.2. The largest absolute Gasteiger partial charge is 0.484 e. The van der Waals surface area contributed by atoms with E-state index in [1.807, 2.05) is 13.8 Å². The topological polar surface area (TPSA) is 119 Å². The number of carbonyl (C=O) groups is 2. The summed E-state index contributed by atoms with van der Waals surface area (Å²) in [4.78, 5) is 33.0. The molecule has 8 nitrogen and oxygen atoms in total. The number of nitro groups is 1. The average Bonchev–Trinajstić information content (AvgIpc) is 2.44. The Kier molecular flexibility index (Phi) is 6.06. The van der Waals surface area contributed by atoms with E-state index in [1.54, 1.807) is 6.92 Å². The van der Waals surface area contributed by atoms with Gasteiger partial charge >= 0.3 is 5.97 Å². The minimum absolute atomic E-state index is 0.0969. The first kappa shape index (κ1) is 18.4. The predicted molar refractivity (Wildman–Crippen MR) is 82.2 cm³/mol. The molecule has 1 atom stereocenters. The molecule has 0 aliphatic rings. The summed E-state index contributed by atoms with van der Waals surface area (Å²) in [7, 11) is 0. The van der Waals surface area contributed by atoms with Crippen molar-refractivity contribution in [2.24, 2.45) is 5.92 Å². The minimum Gasteiger partial charge on any atom is -0.484 e. The minimum atomic E-state index is -1.01. The Morgan fingerprint density at radius 3 is 2.61 bits per heavy atom. The van der Waals surface area contributed by atoms with Crippen LogP contribution in [0.15, 0.2) is 24.3 Å². The van der Waals surface area contributed by atoms with Crippen LogP contribution in [-0.4, -0.2) is 34.1 Å². The van der Waals surface area contributed by atoms with Gasteiger partial charge in [0.05, 0.1) is 22.9 Å². The van der Waals surface area contributed by atoms with Crippen LogP contribution < -0.4 is 10.1 Å². The molecule has 23 heavy (non-hydrogen) atoms. The maximum Gasteiger partial charge on any atom is 0.305 e. The third-order valence-electron chi connectivity index (χ3n) is 3.62. The van der Waals surface area contributed by atoms with Crippen molar-refractivity contribution >= 4 is 17.6 Å². The van der Waals surface area contributed by atoms with Crippen LogP contribution in [0.25, 0.3) is 0 Å². The SMILES string of the molecule is CC(C)C(C)(CC(=O)O)NC(=O)COc1cccc([N+](=O)[O-])c1. The second-order valence-corrected chi connectivity index (χ2v) is 5.73. The molecule has 126 valence electrons. The zero-order valence-electron chi connectivity index (χ0n) is 13.2. The lowest BCUT2D eigenvalue weighted by molar-refractivity contribution is -0.384. The number of nitrogens with one attached hydrogen (secondary N) is 1. The van der Waals surface area contributed by atoms with Gasteiger partial charge in [-0.05, 0) is 18.9 Å². The molecule has 1 aromatic carbocycles. The van der Waals surface area contributed by atoms with Crippen molar-refractivity contribution in [1.29, 1.82) is 0 Å². The van der Waals surface area contributed by atoms with Gasteiger partial charge in [-0.1, -0.05) is 19.9 Å². The molecule has 0 fully saturated rings. The molecule has 0 aliphatic carbocycles. The van der Waals surface area contributed by atoms with Gasteiger partial charge in [-0.2, -0.15) is 0 Å². The number of carboxylic acids is 1. The third kappa shape index (κ3) is 5.57. The summed E-state index contributed by atoms with van der Waals surface area (Å²) in [5.41, 5.74) is -1.05. The van der Waals surface area contributed by atoms with Gasteiger partial charge in [0.25, 0.3) is 11.6 Å². The molecule has 0 radical (unpaired) electrons. The summed E-state index contributed by atoms with van der Waals surface area (Å²) in [6, 6.07) is 5.48. The average molecular weight is 324 g/mol. The Morgan fingerprint density at radius 2 is 2.09 bits per heavy atom. The molecule has 0 spiro atoms. The van der Waals surface area contributed by atoms with Gasteiger partial charge in [-0.25, -0.2) is 0 Å². The summed E-state index contributed by atoms with van der Waals surface area (Å²) in [5.74, 6) is -1.41. The molecule has 0 bridgehead atoms. The maximum absolute atomic E-state index is 12.0. The maximum atomic E-state index is 12.0. The van der Waals surface area contributed by atoms with Crippen LogP contribution >= 0.6 is 0 Å². The monoisotopic (exact) mass is 324 g/mol. The van der Waals surface area contributed by atoms with Crippen molar-refractivity contribution in [3.05, 3.63) is 34.4 Å². The van der Waals surface area contributed by atoms with Crippen LogP contribution in [0.4, 0.5) is 5.69 Å². The fraction of sp³-hybridized carbons (Fsp3) is 0.467. The van der Waals surface area contributed by atoms with Gasteiger partial charge in [0.1, 0.15) is 5.75 Å². The number of aliphatic carboxylic acids is 1. The highest BCUT2D eigenvalue weighted by molar-refractivity contribution is 5.79. The fourth-order valence-corrected chi connectivity index (χ4v) is 1.90. The molecule has 1 unspecified atom stereocenters. The molecule has 2 N–H and O–H groups in total. The Hall–Kier alpha value is -2.64. The van der Waals surface area contributed by atoms with Crippen molar-refractivity contribution in [2.45, 2.75) is 32.7 Å². The first-order valence-electron chi connectivity index (χ1n) is 7.04. The standard InChI is InChI=1S/C15H20N2O6/c1-10(2)15(3,8-14(19)20)16-13(18)9-23-12-6-4-5-11(7-12)17(21)22/h4-7,10H,8-9H2,1-3H3,(H,16,18)(H,19,20). The van der Waals surface area contributed by atoms with Crippen LogP contribution in [0.3, 0.4) is 0 Å². The van der Waals surface area contributed by atoms with Crippen LogP contribution in [0.1, 0.15) is 27.2 Å². The number of carboxylic acid groups (broad SMARTS) is 1. The molecule has 8 heteroatoms. The number of hydrogen-bond donors (Lipinski definition) is 2. The lowest BCUT2D eigenvalue weighted by Crippen LogP contribution is -2.52. The number of amides is 1. The van der Waals surface area contributed by atoms with Gasteiger partial charge in [0.2, 0.25) is 0 Å². The summed E-state index contributed by atoms with van der Waals surface area (Å²) in [6.45, 7) is 4.91. The van der Waals surface area contributed by atoms with E-state index in [1.165, 1.54) is 24.3 Å². The number of rotatable bonds is 8. The van der Waals surface area contributed by atoms with Crippen molar-refractivity contribution < 1.29 is 24.4 Å². The number of carbonyl (C=O) groups excluding carboxylic acids is 1. The van der Waals surface area contributed by atoms with Gasteiger partial charge in [-0.3, -0.25) is 19.7 Å². The lowest BCUT2D eigenvalue weighted by Gasteiger charge is -2.33. The van der Waals surface area contributed by atoms with E-state index in [0.717, 1.165) is 0 Å². The lowest BCUT2D eigenvalue weighted by atomic mass is 9.85. The van der Waals surface area contributed by atoms with Crippen molar-refractivity contribution in [1.82, 2.24) is 5.32 Å². The van der Waals surface area contributed by atoms with Crippen LogP contribution in [0.2, 0.25) is 0 Å². The highest BCUT2D eigenvalue weighted by atomic mass is 16.6. The van der Waals surface area contributed by atoms with Crippen LogP contribution in [-0.2, 0) is 9.59 Å². The highest BCUT2D eigenvalue weighted by Gasteiger charge is 2.32. The van der Waals surface area contributed by atoms with E-state index in [-0.39, 0.29) is 30.4 Å². The smallest absolute Gasteiger partial charge is 0.305 e. The number of ether oxygens (including phenoxy) is 1. The second kappa shape index (κ2) is 7.57. The van der Waals surface area contributed by atoms with Crippen molar-refractivity contribution in [2.75, 3.05) is 6.61 Å². The summed E-state index contributed by atoms with van der Waals surface area (Å²) in [5, 5.41) is 22.3. The van der Waals surface area contributed by atoms with Crippen LogP contribution in [0.5, 0.6) is 5.75 Å². The Balaban J connectivity index is 2.67. The number of hydrogen-bond acceptors (Lipinski definition) is 5. The normalized spacial score (nSPS) is 13.2. The number of nitrogens with zero attached hydrogens (tertiary/aromatic N) is 1. The predicted octanol–water partition coefficient (Wildman–Crippen LogP) is 1.98. The molecule has 1 aromatic rings. The van der Waals surface area contributed by atoms with Crippen molar-refractivity contribution in [3.63, 3.8) is 0 Å². The quantitative estimate of drug-likeness (QED) is 0.557. The van der Waals surface area contributed by atoms with E-state index in [4.69, 9.17) is 9.84 Å². The van der Waals surface area contributed by atoms with Gasteiger partial charge in [0, 0.05) is 6.07 Å². The summed E-state index contributed by atoms with van der Waals surface area (Å²) < 4.78 is 5.23. The van der Waals surface area contributed by atoms with E-state index in [0.29, 0.717) is 0 Å². The Labute approximate surface area is 133 Å². The first-order valence-corrected chi connectivity index (χ1v) is 7.04. The second-order valence-electron chi connectivity index (χ2n) is 5.73. The first-order chi connectivity index (χ1) is 10.6. The Bertz CT molecular complexity index is 601. The fourth-order valence-electron chi connectivity index (χ4n) is 1.90. The molecule has 0 saturated carbocycles. The van der Waals surface area contributed by atoms with E-state index >= 15 is 0 Å². The molecule has 0 aliphatic heterocycles.